The summed E-state index contributed by atoms with van der Waals surface area (Å²) in [7, 11) is 0. The highest BCUT2D eigenvalue weighted by Crippen LogP contribution is 2.42. The fourth-order valence-electron chi connectivity index (χ4n) is 2.93. The Hall–Kier alpha value is -1.55. The van der Waals surface area contributed by atoms with Crippen LogP contribution < -0.4 is 0 Å². The molecule has 1 N–H and O–H groups in total. The van der Waals surface area contributed by atoms with Crippen molar-refractivity contribution >= 4 is 5.82 Å². The van der Waals surface area contributed by atoms with Gasteiger partial charge < -0.3 is 34.0 Å². The first kappa shape index (κ1) is 14.4. The maximum Gasteiger partial charge on any atom is 0.381 e. The fourth-order valence-corrected chi connectivity index (χ4v) is 2.93. The van der Waals surface area contributed by atoms with Crippen LogP contribution in [0.15, 0.2) is 6.20 Å². The molecular weight excluding hydrogens is 282 g/mol. The molecule has 0 radical (unpaired) electrons. The van der Waals surface area contributed by atoms with Gasteiger partial charge in [0.05, 0.1) is 12.6 Å². The van der Waals surface area contributed by atoms with Crippen LogP contribution in [0.2, 0.25) is 0 Å². The van der Waals surface area contributed by atoms with E-state index in [0.717, 1.165) is 0 Å². The topological polar surface area (TPSA) is 109 Å². The molecule has 2 bridgehead atoms. The molecule has 116 valence electrons. The number of hydrogen-bond donors (Lipinski definition) is 1. The normalized spacial score (nSPS) is 35.1. The highest BCUT2D eigenvalue weighted by molar-refractivity contribution is 5.18. The number of aryl methyl sites for hydroxylation is 1. The van der Waals surface area contributed by atoms with Gasteiger partial charge in [-0.05, 0) is 16.8 Å². The van der Waals surface area contributed by atoms with Crippen molar-refractivity contribution in [2.45, 2.75) is 44.5 Å². The van der Waals surface area contributed by atoms with Crippen molar-refractivity contribution in [3.05, 3.63) is 22.1 Å². The van der Waals surface area contributed by atoms with E-state index in [9.17, 15) is 15.2 Å². The van der Waals surface area contributed by atoms with Crippen molar-refractivity contribution in [2.75, 3.05) is 13.2 Å². The summed E-state index contributed by atoms with van der Waals surface area (Å²) in [6.45, 7) is 4.05. The van der Waals surface area contributed by atoms with E-state index in [2.05, 4.69) is 4.98 Å². The Bertz CT molecular complexity index is 561. The van der Waals surface area contributed by atoms with Gasteiger partial charge in [-0.2, -0.15) is 0 Å². The average molecular weight is 299 g/mol. The minimum Gasteiger partial charge on any atom is -0.361 e. The zero-order valence-electron chi connectivity index (χ0n) is 11.8. The van der Waals surface area contributed by atoms with Gasteiger partial charge in [-0.3, -0.25) is 0 Å². The van der Waals surface area contributed by atoms with Crippen LogP contribution in [0.1, 0.15) is 25.2 Å². The Kier molecular flexibility index (Phi) is 3.44. The Labute approximate surface area is 120 Å². The molecule has 0 amide bonds. The van der Waals surface area contributed by atoms with Crippen LogP contribution >= 0.6 is 0 Å². The van der Waals surface area contributed by atoms with Crippen molar-refractivity contribution in [2.24, 2.45) is 0 Å². The van der Waals surface area contributed by atoms with E-state index in [4.69, 9.17) is 14.2 Å². The van der Waals surface area contributed by atoms with Crippen LogP contribution in [0, 0.1) is 17.0 Å². The van der Waals surface area contributed by atoms with Crippen molar-refractivity contribution in [1.82, 2.24) is 9.55 Å². The van der Waals surface area contributed by atoms with Crippen molar-refractivity contribution in [3.8, 4) is 0 Å². The van der Waals surface area contributed by atoms with E-state index >= 15 is 0 Å². The summed E-state index contributed by atoms with van der Waals surface area (Å²) < 4.78 is 18.1. The third-order valence-electron chi connectivity index (χ3n) is 3.85. The molecule has 9 heteroatoms. The van der Waals surface area contributed by atoms with Gasteiger partial charge in [0, 0.05) is 20.0 Å². The van der Waals surface area contributed by atoms with E-state index in [1.165, 1.54) is 6.20 Å². The maximum absolute atomic E-state index is 10.8. The summed E-state index contributed by atoms with van der Waals surface area (Å²) in [5, 5.41) is 21.4. The Morgan fingerprint density at radius 2 is 2.48 bits per heavy atom. The maximum atomic E-state index is 10.8. The first-order valence-corrected chi connectivity index (χ1v) is 6.78. The molecule has 0 saturated carbocycles. The van der Waals surface area contributed by atoms with Crippen LogP contribution in [0.3, 0.4) is 0 Å². The lowest BCUT2D eigenvalue weighted by atomic mass is 9.98. The second-order valence-electron chi connectivity index (χ2n) is 5.20. The minimum absolute atomic E-state index is 0.227. The third-order valence-corrected chi connectivity index (χ3v) is 3.85. The van der Waals surface area contributed by atoms with Gasteiger partial charge in [-0.15, -0.1) is 0 Å². The molecule has 2 saturated heterocycles. The third kappa shape index (κ3) is 2.31. The van der Waals surface area contributed by atoms with E-state index in [-0.39, 0.29) is 24.4 Å². The molecule has 0 aromatic carbocycles. The molecule has 0 spiro atoms. The molecule has 21 heavy (non-hydrogen) atoms. The molecular formula is C12H17N3O6. The second-order valence-corrected chi connectivity index (χ2v) is 5.20. The summed E-state index contributed by atoms with van der Waals surface area (Å²) in [6.07, 6.45) is 0.472. The van der Waals surface area contributed by atoms with Crippen molar-refractivity contribution in [3.63, 3.8) is 0 Å². The molecule has 2 fully saturated rings. The SMILES string of the molecule is CCOC1(O)C[C@@H](n2cc([N+](=O)[O-])nc2C)[C@@H]2CO[C@H]1O2. The van der Waals surface area contributed by atoms with Crippen LogP contribution in [0.5, 0.6) is 0 Å². The Morgan fingerprint density at radius 3 is 3.10 bits per heavy atom. The van der Waals surface area contributed by atoms with E-state index in [1.807, 2.05) is 0 Å². The molecule has 1 aromatic heterocycles. The van der Waals surface area contributed by atoms with Gasteiger partial charge in [0.25, 0.3) is 0 Å². The molecule has 1 unspecified atom stereocenters. The zero-order chi connectivity index (χ0) is 15.2. The predicted molar refractivity (Wildman–Crippen MR) is 68.5 cm³/mol. The summed E-state index contributed by atoms with van der Waals surface area (Å²) in [5.74, 6) is -1.30. The molecule has 9 nitrogen and oxygen atoms in total. The molecule has 1 aromatic rings. The van der Waals surface area contributed by atoms with Crippen LogP contribution in [-0.4, -0.2) is 51.0 Å². The average Bonchev–Trinajstić information content (AvgIpc) is 3.01. The summed E-state index contributed by atoms with van der Waals surface area (Å²) in [6, 6.07) is -0.332. The monoisotopic (exact) mass is 299 g/mol. The van der Waals surface area contributed by atoms with Gasteiger partial charge >= 0.3 is 5.82 Å². The molecule has 3 heterocycles. The molecule has 4 atom stereocenters. The lowest BCUT2D eigenvalue weighted by Gasteiger charge is -2.39. The number of fused-ring (bicyclic) bond motifs is 2. The lowest BCUT2D eigenvalue weighted by Crippen LogP contribution is -2.52. The van der Waals surface area contributed by atoms with Crippen molar-refractivity contribution < 1.29 is 24.2 Å². The van der Waals surface area contributed by atoms with Crippen LogP contribution in [-0.2, 0) is 14.2 Å². The first-order chi connectivity index (χ1) is 9.94. The standard InChI is InChI=1S/C12H17N3O6/c1-3-20-12(16)4-8(9-6-19-11(12)21-9)14-5-10(15(17)18)13-7(14)2/h5,8-9,11,16H,3-4,6H2,1-2H3/t8-,9+,11+,12?/m1/s1. The number of imidazole rings is 1. The minimum atomic E-state index is -1.56. The molecule has 2 aliphatic heterocycles. The zero-order valence-corrected chi connectivity index (χ0v) is 11.8. The van der Waals surface area contributed by atoms with Gasteiger partial charge in [0.15, 0.2) is 0 Å². The number of hydrogen-bond acceptors (Lipinski definition) is 7. The number of ether oxygens (including phenoxy) is 3. The van der Waals surface area contributed by atoms with Gasteiger partial charge in [-0.25, -0.2) is 0 Å². The smallest absolute Gasteiger partial charge is 0.361 e. The highest BCUT2D eigenvalue weighted by atomic mass is 16.8. The highest BCUT2D eigenvalue weighted by Gasteiger charge is 2.55. The summed E-state index contributed by atoms with van der Waals surface area (Å²) in [5.41, 5.74) is 0. The number of aliphatic hydroxyl groups is 1. The second kappa shape index (κ2) is 5.02. The number of nitro groups is 1. The van der Waals surface area contributed by atoms with Crippen molar-refractivity contribution in [1.29, 1.82) is 0 Å². The van der Waals surface area contributed by atoms with Gasteiger partial charge in [0.2, 0.25) is 17.9 Å². The van der Waals surface area contributed by atoms with Crippen LogP contribution in [0.25, 0.3) is 0 Å². The molecule has 2 aliphatic rings. The molecule has 3 rings (SSSR count). The molecule has 0 aliphatic carbocycles. The summed E-state index contributed by atoms with van der Waals surface area (Å²) >= 11 is 0. The lowest BCUT2D eigenvalue weighted by molar-refractivity contribution is -0.389. The van der Waals surface area contributed by atoms with Gasteiger partial charge in [0.1, 0.15) is 12.3 Å². The number of aromatic nitrogens is 2. The van der Waals surface area contributed by atoms with E-state index in [1.54, 1.807) is 18.4 Å². The van der Waals surface area contributed by atoms with Gasteiger partial charge in [-0.1, -0.05) is 0 Å². The number of nitrogens with zero attached hydrogens (tertiary/aromatic N) is 3. The predicted octanol–water partition coefficient (Wildman–Crippen LogP) is 0.511. The largest absolute Gasteiger partial charge is 0.381 e. The fraction of sp³-hybridized carbons (Fsp3) is 0.750. The summed E-state index contributed by atoms with van der Waals surface area (Å²) in [4.78, 5) is 14.2. The van der Waals surface area contributed by atoms with Crippen LogP contribution in [0.4, 0.5) is 5.82 Å². The Balaban J connectivity index is 1.92. The van der Waals surface area contributed by atoms with E-state index in [0.29, 0.717) is 19.0 Å². The Morgan fingerprint density at radius 1 is 1.71 bits per heavy atom. The first-order valence-electron chi connectivity index (χ1n) is 6.78. The van der Waals surface area contributed by atoms with E-state index < -0.39 is 17.0 Å². The quantitative estimate of drug-likeness (QED) is 0.490. The number of rotatable bonds is 4.